The van der Waals surface area contributed by atoms with Crippen molar-refractivity contribution in [3.05, 3.63) is 64.5 Å². The highest BCUT2D eigenvalue weighted by atomic mass is 32.2. The fourth-order valence-electron chi connectivity index (χ4n) is 5.47. The van der Waals surface area contributed by atoms with Crippen LogP contribution in [0.2, 0.25) is 0 Å². The van der Waals surface area contributed by atoms with Crippen molar-refractivity contribution in [2.75, 3.05) is 19.3 Å². The summed E-state index contributed by atoms with van der Waals surface area (Å²) in [5.74, 6) is 0.00545. The largest absolute Gasteiger partial charge is 0.444 e. The summed E-state index contributed by atoms with van der Waals surface area (Å²) in [5.41, 5.74) is 4.03. The molecule has 1 atom stereocenters. The normalized spacial score (nSPS) is 18.9. The number of hydrogen-bond donors (Lipinski definition) is 0. The van der Waals surface area contributed by atoms with Crippen molar-refractivity contribution in [3.8, 4) is 0 Å². The second-order valence-corrected chi connectivity index (χ2v) is 13.3. The van der Waals surface area contributed by atoms with Crippen LogP contribution in [0.15, 0.2) is 41.6 Å². The van der Waals surface area contributed by atoms with Crippen molar-refractivity contribution in [2.45, 2.75) is 76.3 Å². The van der Waals surface area contributed by atoms with Crippen molar-refractivity contribution in [3.63, 3.8) is 0 Å². The number of amides is 1. The van der Waals surface area contributed by atoms with E-state index >= 15 is 0 Å². The lowest BCUT2D eigenvalue weighted by Crippen LogP contribution is -2.41. The van der Waals surface area contributed by atoms with E-state index in [1.807, 2.05) is 32.9 Å². The molecule has 3 heterocycles. The minimum atomic E-state index is -3.61. The average Bonchev–Trinajstić information content (AvgIpc) is 2.86. The van der Waals surface area contributed by atoms with Crippen molar-refractivity contribution in [1.29, 1.82) is 0 Å². The van der Waals surface area contributed by atoms with Crippen LogP contribution in [0.5, 0.6) is 0 Å². The monoisotopic (exact) mass is 537 g/mol. The number of benzene rings is 2. The lowest BCUT2D eigenvalue weighted by Gasteiger charge is -2.35. The van der Waals surface area contributed by atoms with Crippen LogP contribution in [0.3, 0.4) is 0 Å². The lowest BCUT2D eigenvalue weighted by molar-refractivity contribution is 0.0189. The van der Waals surface area contributed by atoms with E-state index in [0.29, 0.717) is 39.0 Å². The van der Waals surface area contributed by atoms with Gasteiger partial charge in [0.15, 0.2) is 0 Å². The second-order valence-electron chi connectivity index (χ2n) is 11.4. The number of rotatable bonds is 3. The Morgan fingerprint density at radius 1 is 1.08 bits per heavy atom. The van der Waals surface area contributed by atoms with Crippen LogP contribution in [-0.2, 0) is 32.3 Å². The molecule has 3 aromatic rings. The van der Waals surface area contributed by atoms with Gasteiger partial charge in [-0.3, -0.25) is 0 Å². The van der Waals surface area contributed by atoms with E-state index < -0.39 is 15.4 Å². The predicted octanol–water partition coefficient (Wildman–Crippen LogP) is 5.27. The average molecular weight is 538 g/mol. The maximum atomic E-state index is 12.6. The minimum absolute atomic E-state index is 0.00545. The van der Waals surface area contributed by atoms with Gasteiger partial charge in [-0.25, -0.2) is 23.2 Å². The van der Waals surface area contributed by atoms with E-state index in [-0.39, 0.29) is 23.3 Å². The quantitative estimate of drug-likeness (QED) is 0.420. The Balaban J connectivity index is 1.45. The summed E-state index contributed by atoms with van der Waals surface area (Å²) in [4.78, 5) is 23.3. The predicted molar refractivity (Wildman–Crippen MR) is 145 cm³/mol. The van der Waals surface area contributed by atoms with E-state index in [1.54, 1.807) is 4.90 Å². The molecule has 2 aromatic carbocycles. The Labute approximate surface area is 224 Å². The van der Waals surface area contributed by atoms with Crippen molar-refractivity contribution in [1.82, 2.24) is 14.9 Å². The summed E-state index contributed by atoms with van der Waals surface area (Å²) in [7, 11) is -3.61. The summed E-state index contributed by atoms with van der Waals surface area (Å²) < 4.78 is 37.1. The molecule has 0 N–H and O–H groups in total. The molecule has 8 nitrogen and oxygen atoms in total. The van der Waals surface area contributed by atoms with E-state index in [9.17, 15) is 13.2 Å². The molecule has 202 valence electrons. The van der Waals surface area contributed by atoms with Gasteiger partial charge < -0.3 is 14.4 Å². The molecule has 0 bridgehead atoms. The second kappa shape index (κ2) is 9.93. The number of carbonyl (C=O) groups excluding carboxylic acids is 1. The van der Waals surface area contributed by atoms with Crippen molar-refractivity contribution < 1.29 is 22.7 Å². The third kappa shape index (κ3) is 5.40. The third-order valence-corrected chi connectivity index (χ3v) is 8.11. The fraction of sp³-hybridized carbons (Fsp3) is 0.483. The molecule has 9 heteroatoms. The number of ether oxygens (including phenoxy) is 2. The molecule has 2 aliphatic rings. The molecular formula is C29H35N3O5S. The number of aryl methyl sites for hydroxylation is 1. The van der Waals surface area contributed by atoms with Gasteiger partial charge in [0.25, 0.3) is 0 Å². The van der Waals surface area contributed by atoms with Gasteiger partial charge in [0.1, 0.15) is 5.60 Å². The standard InChI is InChI=1S/C29H35N3O5S/c1-18-8-6-9-19-10-7-11-21(25(18)19)24-16-23-22(17-36-24)26(31-27(30-23)38(5,34)35)20-12-14-32(15-13-20)28(33)37-29(2,3)4/h6-11,20,24H,12-17H2,1-5H3. The fourth-order valence-corrected chi connectivity index (χ4v) is 6.01. The first-order valence-electron chi connectivity index (χ1n) is 13.1. The Bertz CT molecular complexity index is 1480. The number of fused-ring (bicyclic) bond motifs is 2. The zero-order valence-electron chi connectivity index (χ0n) is 22.7. The van der Waals surface area contributed by atoms with Crippen LogP contribution in [0.1, 0.15) is 73.7 Å². The molecule has 0 saturated carbocycles. The summed E-state index contributed by atoms with van der Waals surface area (Å²) in [6.07, 6.45) is 2.38. The zero-order chi connectivity index (χ0) is 27.2. The van der Waals surface area contributed by atoms with Crippen LogP contribution in [-0.4, -0.2) is 54.3 Å². The first-order chi connectivity index (χ1) is 17.9. The highest BCUT2D eigenvalue weighted by molar-refractivity contribution is 7.90. The summed E-state index contributed by atoms with van der Waals surface area (Å²) in [6.45, 7) is 9.00. The van der Waals surface area contributed by atoms with Crippen LogP contribution in [0.25, 0.3) is 10.8 Å². The molecule has 1 amide bonds. The van der Waals surface area contributed by atoms with Gasteiger partial charge in [-0.1, -0.05) is 36.4 Å². The number of aromatic nitrogens is 2. The zero-order valence-corrected chi connectivity index (χ0v) is 23.5. The van der Waals surface area contributed by atoms with Gasteiger partial charge in [-0.05, 0) is 62.4 Å². The van der Waals surface area contributed by atoms with E-state index in [4.69, 9.17) is 9.47 Å². The minimum Gasteiger partial charge on any atom is -0.444 e. The first-order valence-corrected chi connectivity index (χ1v) is 15.0. The molecule has 38 heavy (non-hydrogen) atoms. The maximum Gasteiger partial charge on any atom is 0.410 e. The molecule has 1 saturated heterocycles. The van der Waals surface area contributed by atoms with Gasteiger partial charge in [-0.15, -0.1) is 0 Å². The van der Waals surface area contributed by atoms with Crippen LogP contribution in [0, 0.1) is 6.92 Å². The molecule has 0 radical (unpaired) electrons. The molecule has 5 rings (SSSR count). The molecule has 1 unspecified atom stereocenters. The number of nitrogens with zero attached hydrogens (tertiary/aromatic N) is 3. The summed E-state index contributed by atoms with van der Waals surface area (Å²) in [6, 6.07) is 12.4. The Hall–Kier alpha value is -3.04. The lowest BCUT2D eigenvalue weighted by atomic mass is 9.87. The van der Waals surface area contributed by atoms with Gasteiger partial charge in [0, 0.05) is 37.2 Å². The summed E-state index contributed by atoms with van der Waals surface area (Å²) >= 11 is 0. The first kappa shape index (κ1) is 26.6. The molecular weight excluding hydrogens is 502 g/mol. The van der Waals surface area contributed by atoms with Crippen LogP contribution < -0.4 is 0 Å². The maximum absolute atomic E-state index is 12.6. The van der Waals surface area contributed by atoms with Gasteiger partial charge in [0.2, 0.25) is 15.0 Å². The summed E-state index contributed by atoms with van der Waals surface area (Å²) in [5, 5.41) is 2.17. The van der Waals surface area contributed by atoms with Crippen LogP contribution >= 0.6 is 0 Å². The van der Waals surface area contributed by atoms with Crippen LogP contribution in [0.4, 0.5) is 4.79 Å². The number of piperidine rings is 1. The number of carbonyl (C=O) groups is 1. The smallest absolute Gasteiger partial charge is 0.410 e. The molecule has 2 aliphatic heterocycles. The number of sulfone groups is 1. The Kier molecular flexibility index (Phi) is 6.94. The topological polar surface area (TPSA) is 98.7 Å². The molecule has 0 aliphatic carbocycles. The number of hydrogen-bond acceptors (Lipinski definition) is 7. The van der Waals surface area contributed by atoms with E-state index in [2.05, 4.69) is 41.2 Å². The van der Waals surface area contributed by atoms with E-state index in [1.165, 1.54) is 5.56 Å². The highest BCUT2D eigenvalue weighted by Crippen LogP contribution is 2.39. The van der Waals surface area contributed by atoms with Crippen molar-refractivity contribution >= 4 is 26.7 Å². The SMILES string of the molecule is Cc1cccc2cccc(C3Cc4nc(S(C)(=O)=O)nc(C5CCN(C(=O)OC(C)(C)C)CC5)c4CO3)c12. The number of likely N-dealkylation sites (tertiary alicyclic amines) is 1. The Morgan fingerprint density at radius 3 is 2.42 bits per heavy atom. The third-order valence-electron chi connectivity index (χ3n) is 7.27. The molecule has 1 aromatic heterocycles. The van der Waals surface area contributed by atoms with Gasteiger partial charge in [-0.2, -0.15) is 0 Å². The van der Waals surface area contributed by atoms with E-state index in [0.717, 1.165) is 39.5 Å². The Morgan fingerprint density at radius 2 is 1.76 bits per heavy atom. The van der Waals surface area contributed by atoms with Crippen molar-refractivity contribution in [2.24, 2.45) is 0 Å². The molecule has 0 spiro atoms. The van der Waals surface area contributed by atoms with Gasteiger partial charge in [0.05, 0.1) is 24.1 Å². The van der Waals surface area contributed by atoms with Gasteiger partial charge >= 0.3 is 6.09 Å². The molecule has 1 fully saturated rings. The highest BCUT2D eigenvalue weighted by Gasteiger charge is 2.34.